The molecule has 2 N–H and O–H groups in total. The molecule has 0 aliphatic rings. The molecule has 7 nitrogen and oxygen atoms in total. The van der Waals surface area contributed by atoms with Gasteiger partial charge < -0.3 is 19.6 Å². The average molecular weight is 544 g/mol. The molecule has 1 unspecified atom stereocenters. The summed E-state index contributed by atoms with van der Waals surface area (Å²) in [6.07, 6.45) is 3.49. The zero-order valence-corrected chi connectivity index (χ0v) is 21.3. The SMILES string of the molecule is O=C(NC(Cc1ccc(OCc2ccc(F)cc2)cc1)C(=O)O)c1cn2cc(-c3ccc(Cl)cc3)ccc2n1. The molecule has 1 amide bonds. The summed E-state index contributed by atoms with van der Waals surface area (Å²) in [6.45, 7) is 0.271. The van der Waals surface area contributed by atoms with Gasteiger partial charge in [-0.1, -0.05) is 48.0 Å². The van der Waals surface area contributed by atoms with Crippen LogP contribution in [0.2, 0.25) is 5.02 Å². The van der Waals surface area contributed by atoms with Crippen molar-refractivity contribution in [2.24, 2.45) is 0 Å². The van der Waals surface area contributed by atoms with Crippen LogP contribution in [-0.4, -0.2) is 32.4 Å². The molecular weight excluding hydrogens is 521 g/mol. The quantitative estimate of drug-likeness (QED) is 0.245. The van der Waals surface area contributed by atoms with Gasteiger partial charge in [0.05, 0.1) is 0 Å². The van der Waals surface area contributed by atoms with Gasteiger partial charge in [-0.3, -0.25) is 4.79 Å². The standard InChI is InChI=1S/C30H23ClFN3O4/c31-23-8-5-21(6-9-23)22-7-14-28-33-27(17-35(28)16-22)29(36)34-26(30(37)38)15-19-3-12-25(13-4-19)39-18-20-1-10-24(32)11-2-20/h1-14,16-17,26H,15,18H2,(H,34,36)(H,37,38). The van der Waals surface area contributed by atoms with E-state index < -0.39 is 17.9 Å². The normalized spacial score (nSPS) is 11.7. The van der Waals surface area contributed by atoms with E-state index in [4.69, 9.17) is 16.3 Å². The highest BCUT2D eigenvalue weighted by atomic mass is 35.5. The van der Waals surface area contributed by atoms with Gasteiger partial charge in [-0.05, 0) is 70.8 Å². The van der Waals surface area contributed by atoms with Crippen LogP contribution in [0.15, 0.2) is 97.3 Å². The highest BCUT2D eigenvalue weighted by molar-refractivity contribution is 6.30. The summed E-state index contributed by atoms with van der Waals surface area (Å²) in [7, 11) is 0. The van der Waals surface area contributed by atoms with Crippen molar-refractivity contribution < 1.29 is 23.8 Å². The number of aliphatic carboxylic acids is 1. The van der Waals surface area contributed by atoms with Crippen molar-refractivity contribution >= 4 is 29.1 Å². The Balaban J connectivity index is 1.23. The average Bonchev–Trinajstić information content (AvgIpc) is 3.37. The number of rotatable bonds is 9. The third-order valence-electron chi connectivity index (χ3n) is 6.15. The highest BCUT2D eigenvalue weighted by Gasteiger charge is 2.23. The second-order valence-corrected chi connectivity index (χ2v) is 9.38. The largest absolute Gasteiger partial charge is 0.489 e. The molecule has 39 heavy (non-hydrogen) atoms. The summed E-state index contributed by atoms with van der Waals surface area (Å²) >= 11 is 5.98. The Hall–Kier alpha value is -4.69. The minimum absolute atomic E-state index is 0.0768. The number of amides is 1. The minimum atomic E-state index is -1.16. The van der Waals surface area contributed by atoms with Crippen LogP contribution in [0.4, 0.5) is 4.39 Å². The van der Waals surface area contributed by atoms with E-state index in [-0.39, 0.29) is 24.5 Å². The van der Waals surface area contributed by atoms with Crippen LogP contribution in [0.5, 0.6) is 5.75 Å². The third kappa shape index (κ3) is 6.42. The van der Waals surface area contributed by atoms with E-state index in [1.807, 2.05) is 24.4 Å². The number of pyridine rings is 1. The Bertz CT molecular complexity index is 1620. The summed E-state index contributed by atoms with van der Waals surface area (Å²) in [6, 6.07) is 22.9. The lowest BCUT2D eigenvalue weighted by atomic mass is 10.1. The van der Waals surface area contributed by atoms with E-state index in [0.717, 1.165) is 16.7 Å². The fraction of sp³-hybridized carbons (Fsp3) is 0.100. The maximum atomic E-state index is 13.0. The molecular formula is C30H23ClFN3O4. The molecule has 0 saturated carbocycles. The second-order valence-electron chi connectivity index (χ2n) is 8.94. The van der Waals surface area contributed by atoms with E-state index in [0.29, 0.717) is 22.0 Å². The van der Waals surface area contributed by atoms with Crippen molar-refractivity contribution in [1.82, 2.24) is 14.7 Å². The number of aromatic nitrogens is 2. The number of carboxylic acids is 1. The fourth-order valence-corrected chi connectivity index (χ4v) is 4.18. The maximum absolute atomic E-state index is 13.0. The van der Waals surface area contributed by atoms with Crippen LogP contribution in [-0.2, 0) is 17.8 Å². The van der Waals surface area contributed by atoms with Crippen LogP contribution >= 0.6 is 11.6 Å². The van der Waals surface area contributed by atoms with Crippen LogP contribution in [0.1, 0.15) is 21.6 Å². The lowest BCUT2D eigenvalue weighted by Crippen LogP contribution is -2.42. The Morgan fingerprint density at radius 2 is 1.56 bits per heavy atom. The number of benzene rings is 3. The van der Waals surface area contributed by atoms with Crippen molar-refractivity contribution in [2.75, 3.05) is 0 Å². The first-order valence-corrected chi connectivity index (χ1v) is 12.5. The number of fused-ring (bicyclic) bond motifs is 1. The monoisotopic (exact) mass is 543 g/mol. The number of imidazole rings is 1. The zero-order valence-electron chi connectivity index (χ0n) is 20.6. The van der Waals surface area contributed by atoms with Crippen LogP contribution < -0.4 is 10.1 Å². The number of hydrogen-bond acceptors (Lipinski definition) is 4. The second kappa shape index (κ2) is 11.4. The lowest BCUT2D eigenvalue weighted by molar-refractivity contribution is -0.139. The number of hydrogen-bond donors (Lipinski definition) is 2. The van der Waals surface area contributed by atoms with Gasteiger partial charge in [0, 0.05) is 23.8 Å². The van der Waals surface area contributed by atoms with Crippen LogP contribution in [0.3, 0.4) is 0 Å². The predicted molar refractivity (Wildman–Crippen MR) is 145 cm³/mol. The molecule has 0 radical (unpaired) electrons. The minimum Gasteiger partial charge on any atom is -0.489 e. The smallest absolute Gasteiger partial charge is 0.326 e. The molecule has 1 atom stereocenters. The number of halogens is 2. The molecule has 0 aliphatic heterocycles. The predicted octanol–water partition coefficient (Wildman–Crippen LogP) is 5.80. The third-order valence-corrected chi connectivity index (χ3v) is 6.40. The maximum Gasteiger partial charge on any atom is 0.326 e. The number of nitrogens with one attached hydrogen (secondary N) is 1. The molecule has 0 fully saturated rings. The molecule has 0 aliphatic carbocycles. The molecule has 3 aromatic carbocycles. The number of carbonyl (C=O) groups is 2. The van der Waals surface area contributed by atoms with E-state index in [9.17, 15) is 19.1 Å². The summed E-state index contributed by atoms with van der Waals surface area (Å²) in [5.41, 5.74) is 4.07. The molecule has 0 spiro atoms. The van der Waals surface area contributed by atoms with Gasteiger partial charge in [-0.25, -0.2) is 14.2 Å². The first kappa shape index (κ1) is 25.9. The van der Waals surface area contributed by atoms with Gasteiger partial charge in [0.2, 0.25) is 0 Å². The summed E-state index contributed by atoms with van der Waals surface area (Å²) in [5, 5.41) is 12.9. The highest BCUT2D eigenvalue weighted by Crippen LogP contribution is 2.22. The van der Waals surface area contributed by atoms with E-state index in [1.165, 1.54) is 12.1 Å². The van der Waals surface area contributed by atoms with Crippen LogP contribution in [0.25, 0.3) is 16.8 Å². The van der Waals surface area contributed by atoms with Gasteiger partial charge >= 0.3 is 5.97 Å². The van der Waals surface area contributed by atoms with E-state index >= 15 is 0 Å². The molecule has 196 valence electrons. The molecule has 5 rings (SSSR count). The number of carbonyl (C=O) groups excluding carboxylic acids is 1. The Kier molecular flexibility index (Phi) is 7.56. The van der Waals surface area contributed by atoms with Gasteiger partial charge in [0.15, 0.2) is 0 Å². The molecule has 2 aromatic heterocycles. The van der Waals surface area contributed by atoms with Crippen molar-refractivity contribution in [2.45, 2.75) is 19.1 Å². The first-order valence-electron chi connectivity index (χ1n) is 12.1. The van der Waals surface area contributed by atoms with Crippen molar-refractivity contribution in [3.8, 4) is 16.9 Å². The van der Waals surface area contributed by atoms with Crippen molar-refractivity contribution in [3.05, 3.63) is 125 Å². The lowest BCUT2D eigenvalue weighted by Gasteiger charge is -2.14. The Labute approximate surface area is 228 Å². The molecule has 5 aromatic rings. The molecule has 9 heteroatoms. The molecule has 0 saturated heterocycles. The topological polar surface area (TPSA) is 92.9 Å². The van der Waals surface area contributed by atoms with E-state index in [2.05, 4.69) is 10.3 Å². The van der Waals surface area contributed by atoms with Gasteiger partial charge in [0.25, 0.3) is 5.91 Å². The fourth-order valence-electron chi connectivity index (χ4n) is 4.05. The zero-order chi connectivity index (χ0) is 27.4. The van der Waals surface area contributed by atoms with Gasteiger partial charge in [-0.15, -0.1) is 0 Å². The van der Waals surface area contributed by atoms with Gasteiger partial charge in [-0.2, -0.15) is 0 Å². The Morgan fingerprint density at radius 3 is 2.26 bits per heavy atom. The van der Waals surface area contributed by atoms with Gasteiger partial charge in [0.1, 0.15) is 35.6 Å². The molecule has 2 heterocycles. The number of ether oxygens (including phenoxy) is 1. The number of carboxylic acid groups (broad SMARTS) is 1. The summed E-state index contributed by atoms with van der Waals surface area (Å²) < 4.78 is 20.5. The Morgan fingerprint density at radius 1 is 0.897 bits per heavy atom. The molecule has 0 bridgehead atoms. The van der Waals surface area contributed by atoms with E-state index in [1.54, 1.807) is 65.2 Å². The summed E-state index contributed by atoms with van der Waals surface area (Å²) in [4.78, 5) is 29.2. The number of nitrogens with zero attached hydrogens (tertiary/aromatic N) is 2. The van der Waals surface area contributed by atoms with Crippen molar-refractivity contribution in [3.63, 3.8) is 0 Å². The van der Waals surface area contributed by atoms with Crippen LogP contribution in [0, 0.1) is 5.82 Å². The van der Waals surface area contributed by atoms with Crippen molar-refractivity contribution in [1.29, 1.82) is 0 Å². The first-order chi connectivity index (χ1) is 18.8. The summed E-state index contributed by atoms with van der Waals surface area (Å²) in [5.74, 6) is -1.47.